The highest BCUT2D eigenvalue weighted by Crippen LogP contribution is 2.50. The Morgan fingerprint density at radius 1 is 1.17 bits per heavy atom. The Balaban J connectivity index is 1.52. The number of anilines is 1. The third-order valence-electron chi connectivity index (χ3n) is 7.11. The van der Waals surface area contributed by atoms with Crippen LogP contribution in [0.5, 0.6) is 0 Å². The number of amides is 5. The molecule has 6 rings (SSSR count). The van der Waals surface area contributed by atoms with Gasteiger partial charge in [-0.2, -0.15) is 0 Å². The number of morpholine rings is 1. The molecule has 4 aliphatic rings. The van der Waals surface area contributed by atoms with Gasteiger partial charge >= 0.3 is 6.03 Å². The van der Waals surface area contributed by atoms with Gasteiger partial charge in [0.25, 0.3) is 11.8 Å². The maximum Gasteiger partial charge on any atom is 0.328 e. The van der Waals surface area contributed by atoms with Gasteiger partial charge in [-0.1, -0.05) is 16.8 Å². The standard InChI is InChI=1S/C21H19ClF2N6O6/c1-7-4-30-13-9(3-21(15(30)8(2)35-7)17(32)26-19(34)27-18(21)33)25-11-12(28-36-14(11)10(13)22)16(31)29-5-20(23,24)6-29/h7-8,15H,3-6H2,1-2H3,(H2,26,27,32,33,34)/t7-,8+,15-/m0/s1. The number of alkyl halides is 2. The van der Waals surface area contributed by atoms with Crippen LogP contribution >= 0.6 is 11.6 Å². The molecule has 0 saturated carbocycles. The lowest BCUT2D eigenvalue weighted by Crippen LogP contribution is -2.75. The summed E-state index contributed by atoms with van der Waals surface area (Å²) in [6.45, 7) is 2.23. The molecule has 0 bridgehead atoms. The van der Waals surface area contributed by atoms with Crippen molar-refractivity contribution in [1.82, 2.24) is 25.7 Å². The maximum atomic E-state index is 13.3. The number of likely N-dealkylation sites (tertiary alicyclic amines) is 1. The average molecular weight is 525 g/mol. The van der Waals surface area contributed by atoms with E-state index in [1.807, 2.05) is 6.92 Å². The van der Waals surface area contributed by atoms with Gasteiger partial charge in [-0.25, -0.2) is 18.6 Å². The summed E-state index contributed by atoms with van der Waals surface area (Å²) in [7, 11) is 0. The predicted octanol–water partition coefficient (Wildman–Crippen LogP) is 0.858. The van der Waals surface area contributed by atoms with E-state index >= 15 is 0 Å². The minimum atomic E-state index is -2.98. The van der Waals surface area contributed by atoms with Crippen LogP contribution in [0.1, 0.15) is 30.0 Å². The number of carbonyl (C=O) groups excluding carboxylic acids is 4. The Bertz CT molecular complexity index is 1350. The van der Waals surface area contributed by atoms with Gasteiger partial charge in [-0.15, -0.1) is 0 Å². The first-order chi connectivity index (χ1) is 16.9. The summed E-state index contributed by atoms with van der Waals surface area (Å²) in [6, 6.07) is -1.79. The Hall–Kier alpha value is -3.39. The Labute approximate surface area is 206 Å². The fourth-order valence-electron chi connectivity index (χ4n) is 5.70. The molecule has 15 heteroatoms. The van der Waals surface area contributed by atoms with Crippen LogP contribution < -0.4 is 15.5 Å². The van der Waals surface area contributed by atoms with Crippen LogP contribution in [0, 0.1) is 5.41 Å². The highest BCUT2D eigenvalue weighted by atomic mass is 35.5. The van der Waals surface area contributed by atoms with Crippen molar-refractivity contribution >= 4 is 52.1 Å². The average Bonchev–Trinajstić information content (AvgIpc) is 3.18. The lowest BCUT2D eigenvalue weighted by atomic mass is 9.67. The largest absolute Gasteiger partial charge is 0.372 e. The smallest absolute Gasteiger partial charge is 0.328 e. The van der Waals surface area contributed by atoms with E-state index in [4.69, 9.17) is 20.9 Å². The van der Waals surface area contributed by atoms with E-state index in [1.165, 1.54) is 0 Å². The molecule has 4 aliphatic heterocycles. The summed E-state index contributed by atoms with van der Waals surface area (Å²) in [5.41, 5.74) is -1.64. The van der Waals surface area contributed by atoms with Gasteiger partial charge in [0.1, 0.15) is 10.5 Å². The number of imide groups is 2. The van der Waals surface area contributed by atoms with Gasteiger partial charge in [0.2, 0.25) is 17.4 Å². The molecule has 36 heavy (non-hydrogen) atoms. The van der Waals surface area contributed by atoms with Gasteiger partial charge < -0.3 is 19.1 Å². The molecule has 0 aromatic carbocycles. The third-order valence-corrected chi connectivity index (χ3v) is 7.46. The molecule has 6 heterocycles. The van der Waals surface area contributed by atoms with Crippen molar-refractivity contribution in [3.63, 3.8) is 0 Å². The second-order valence-corrected chi connectivity index (χ2v) is 9.96. The molecule has 5 amide bonds. The van der Waals surface area contributed by atoms with Crippen molar-refractivity contribution in [3.8, 4) is 0 Å². The van der Waals surface area contributed by atoms with Crippen LogP contribution in [0.3, 0.4) is 0 Å². The van der Waals surface area contributed by atoms with Crippen molar-refractivity contribution in [1.29, 1.82) is 0 Å². The second-order valence-electron chi connectivity index (χ2n) is 9.58. The molecular formula is C21H19ClF2N6O6. The number of urea groups is 1. The number of carbonyl (C=O) groups is 4. The van der Waals surface area contributed by atoms with Crippen LogP contribution in [-0.2, 0) is 20.7 Å². The zero-order valence-corrected chi connectivity index (χ0v) is 19.7. The number of pyridine rings is 1. The molecule has 0 aliphatic carbocycles. The van der Waals surface area contributed by atoms with Crippen molar-refractivity contribution < 1.29 is 37.2 Å². The number of nitrogens with one attached hydrogen (secondary N) is 2. The topological polar surface area (TPSA) is 147 Å². The minimum absolute atomic E-state index is 0.0275. The molecule has 2 N–H and O–H groups in total. The van der Waals surface area contributed by atoms with E-state index in [9.17, 15) is 28.0 Å². The van der Waals surface area contributed by atoms with E-state index in [-0.39, 0.29) is 46.6 Å². The fraction of sp³-hybridized carbons (Fsp3) is 0.524. The predicted molar refractivity (Wildman–Crippen MR) is 117 cm³/mol. The van der Waals surface area contributed by atoms with Gasteiger partial charge in [0.05, 0.1) is 42.7 Å². The first-order valence-corrected chi connectivity index (χ1v) is 11.5. The molecule has 2 aromatic rings. The Morgan fingerprint density at radius 3 is 2.47 bits per heavy atom. The molecule has 2 aromatic heterocycles. The molecule has 3 saturated heterocycles. The van der Waals surface area contributed by atoms with E-state index in [1.54, 1.807) is 11.8 Å². The van der Waals surface area contributed by atoms with Crippen LogP contribution in [0.2, 0.25) is 5.02 Å². The number of ether oxygens (including phenoxy) is 1. The number of barbiturate groups is 1. The van der Waals surface area contributed by atoms with E-state index in [0.29, 0.717) is 5.69 Å². The van der Waals surface area contributed by atoms with E-state index in [0.717, 1.165) is 4.90 Å². The second kappa shape index (κ2) is 7.32. The molecule has 190 valence electrons. The number of rotatable bonds is 1. The maximum absolute atomic E-state index is 13.3. The Morgan fingerprint density at radius 2 is 1.83 bits per heavy atom. The van der Waals surface area contributed by atoms with Gasteiger partial charge in [-0.3, -0.25) is 25.0 Å². The van der Waals surface area contributed by atoms with Crippen molar-refractivity contribution in [2.75, 3.05) is 24.5 Å². The number of nitrogens with zero attached hydrogens (tertiary/aromatic N) is 4. The summed E-state index contributed by atoms with van der Waals surface area (Å²) in [5.74, 6) is -5.42. The summed E-state index contributed by atoms with van der Waals surface area (Å²) in [4.78, 5) is 58.3. The molecule has 3 fully saturated rings. The van der Waals surface area contributed by atoms with Crippen molar-refractivity contribution in [2.24, 2.45) is 5.41 Å². The van der Waals surface area contributed by atoms with Gasteiger partial charge in [0, 0.05) is 13.0 Å². The number of fused-ring (bicyclic) bond motifs is 5. The van der Waals surface area contributed by atoms with Crippen molar-refractivity contribution in [2.45, 2.75) is 44.4 Å². The number of hydrogen-bond donors (Lipinski definition) is 2. The molecule has 12 nitrogen and oxygen atoms in total. The van der Waals surface area contributed by atoms with Crippen molar-refractivity contribution in [3.05, 3.63) is 16.4 Å². The first kappa shape index (κ1) is 23.0. The third kappa shape index (κ3) is 3.00. The lowest BCUT2D eigenvalue weighted by Gasteiger charge is -2.55. The molecule has 0 unspecified atom stereocenters. The summed E-state index contributed by atoms with van der Waals surface area (Å²) in [6.07, 6.45) is -1.21. The van der Waals surface area contributed by atoms with E-state index in [2.05, 4.69) is 20.8 Å². The van der Waals surface area contributed by atoms with Gasteiger partial charge in [0.15, 0.2) is 11.1 Å². The van der Waals surface area contributed by atoms with Gasteiger partial charge in [-0.05, 0) is 13.8 Å². The zero-order chi connectivity index (χ0) is 25.7. The number of aromatic nitrogens is 2. The summed E-state index contributed by atoms with van der Waals surface area (Å²) < 4.78 is 37.9. The van der Waals surface area contributed by atoms with E-state index < -0.39 is 60.3 Å². The minimum Gasteiger partial charge on any atom is -0.372 e. The number of halogens is 3. The molecule has 3 atom stereocenters. The Kier molecular flexibility index (Phi) is 4.68. The van der Waals surface area contributed by atoms with Crippen LogP contribution in [0.25, 0.3) is 11.1 Å². The van der Waals surface area contributed by atoms with Crippen LogP contribution in [0.15, 0.2) is 4.52 Å². The monoisotopic (exact) mass is 524 g/mol. The molecule has 0 radical (unpaired) electrons. The highest BCUT2D eigenvalue weighted by Gasteiger charge is 2.63. The first-order valence-electron chi connectivity index (χ1n) is 11.2. The van der Waals surface area contributed by atoms with Crippen LogP contribution in [0.4, 0.5) is 19.3 Å². The fourth-order valence-corrected chi connectivity index (χ4v) is 6.04. The highest BCUT2D eigenvalue weighted by molar-refractivity contribution is 6.38. The lowest BCUT2D eigenvalue weighted by molar-refractivity contribution is -0.153. The zero-order valence-electron chi connectivity index (χ0n) is 18.9. The SMILES string of the molecule is C[C@H]1CN2c3c(nc4c(C(=O)N5CC(F)(F)C5)noc4c3Cl)CC3(C(=O)NC(=O)NC3=O)[C@@H]2[C@@H](C)O1. The normalized spacial score (nSPS) is 28.4. The summed E-state index contributed by atoms with van der Waals surface area (Å²) in [5, 5.41) is 8.13. The van der Waals surface area contributed by atoms with Crippen LogP contribution in [-0.4, -0.2) is 82.6 Å². The number of hydrogen-bond acceptors (Lipinski definition) is 9. The molecule has 1 spiro atoms. The molecular weight excluding hydrogens is 506 g/mol. The summed E-state index contributed by atoms with van der Waals surface area (Å²) >= 11 is 6.73. The quantitative estimate of drug-likeness (QED) is 0.518.